The summed E-state index contributed by atoms with van der Waals surface area (Å²) < 4.78 is 77.2. The fraction of sp³-hybridized carbons (Fsp3) is 0.364. The zero-order valence-corrected chi connectivity index (χ0v) is 11.3. The highest BCUT2D eigenvalue weighted by atomic mass is 32.2. The summed E-state index contributed by atoms with van der Waals surface area (Å²) in [6.45, 7) is 2.57. The van der Waals surface area contributed by atoms with Gasteiger partial charge in [-0.05, 0) is 13.8 Å². The SMILES string of the molecule is CC(C)(C#N)CS(=O)(=O)Nc1c(F)c(F)cc(F)c1F. The molecule has 1 N–H and O–H groups in total. The summed E-state index contributed by atoms with van der Waals surface area (Å²) in [7, 11) is -4.37. The Labute approximate surface area is 113 Å². The Morgan fingerprint density at radius 1 is 1.20 bits per heavy atom. The van der Waals surface area contributed by atoms with Gasteiger partial charge in [-0.15, -0.1) is 0 Å². The summed E-state index contributed by atoms with van der Waals surface area (Å²) in [4.78, 5) is 0. The topological polar surface area (TPSA) is 70.0 Å². The van der Waals surface area contributed by atoms with Crippen LogP contribution in [0.5, 0.6) is 0 Å². The molecular formula is C11H10F4N2O2S. The molecule has 0 aliphatic rings. The van der Waals surface area contributed by atoms with Gasteiger partial charge in [0.2, 0.25) is 10.0 Å². The van der Waals surface area contributed by atoms with Crippen LogP contribution in [0.3, 0.4) is 0 Å². The minimum atomic E-state index is -4.37. The minimum Gasteiger partial charge on any atom is -0.278 e. The summed E-state index contributed by atoms with van der Waals surface area (Å²) in [5, 5.41) is 8.71. The first-order chi connectivity index (χ1) is 8.99. The number of halogens is 4. The summed E-state index contributed by atoms with van der Waals surface area (Å²) >= 11 is 0. The molecule has 0 aliphatic heterocycles. The molecule has 9 heteroatoms. The highest BCUT2D eigenvalue weighted by molar-refractivity contribution is 7.92. The second kappa shape index (κ2) is 5.28. The third kappa shape index (κ3) is 3.60. The standard InChI is InChI=1S/C11H10F4N2O2S/c1-11(2,4-16)5-20(18,19)17-10-8(14)6(12)3-7(13)9(10)15/h3,17H,5H2,1-2H3. The number of nitrogens with zero attached hydrogens (tertiary/aromatic N) is 1. The second-order valence-electron chi connectivity index (χ2n) is 4.70. The van der Waals surface area contributed by atoms with E-state index in [1.807, 2.05) is 0 Å². The van der Waals surface area contributed by atoms with E-state index in [2.05, 4.69) is 0 Å². The third-order valence-corrected chi connectivity index (χ3v) is 3.84. The number of hydrogen-bond donors (Lipinski definition) is 1. The minimum absolute atomic E-state index is 0.0400. The van der Waals surface area contributed by atoms with Gasteiger partial charge in [0.25, 0.3) is 0 Å². The highest BCUT2D eigenvalue weighted by Crippen LogP contribution is 2.26. The Morgan fingerprint density at radius 2 is 1.65 bits per heavy atom. The van der Waals surface area contributed by atoms with E-state index in [4.69, 9.17) is 5.26 Å². The molecule has 0 spiro atoms. The lowest BCUT2D eigenvalue weighted by Gasteiger charge is -2.17. The van der Waals surface area contributed by atoms with Crippen molar-refractivity contribution in [2.45, 2.75) is 13.8 Å². The molecule has 1 rings (SSSR count). The Bertz CT molecular complexity index is 654. The van der Waals surface area contributed by atoms with E-state index in [-0.39, 0.29) is 6.07 Å². The lowest BCUT2D eigenvalue weighted by molar-refractivity contribution is 0.459. The molecule has 0 saturated carbocycles. The summed E-state index contributed by atoms with van der Waals surface area (Å²) in [5.74, 6) is -7.99. The van der Waals surface area contributed by atoms with Gasteiger partial charge in [0.15, 0.2) is 23.3 Å². The van der Waals surface area contributed by atoms with Crippen molar-refractivity contribution in [3.05, 3.63) is 29.3 Å². The van der Waals surface area contributed by atoms with Gasteiger partial charge in [0, 0.05) is 6.07 Å². The fourth-order valence-corrected chi connectivity index (χ4v) is 2.94. The van der Waals surface area contributed by atoms with E-state index in [9.17, 15) is 26.0 Å². The van der Waals surface area contributed by atoms with E-state index in [1.165, 1.54) is 18.6 Å². The zero-order valence-electron chi connectivity index (χ0n) is 10.5. The number of nitriles is 1. The molecule has 0 amide bonds. The summed E-state index contributed by atoms with van der Waals surface area (Å²) in [6, 6.07) is 1.64. The predicted molar refractivity (Wildman–Crippen MR) is 63.1 cm³/mol. The Balaban J connectivity index is 3.21. The van der Waals surface area contributed by atoms with Gasteiger partial charge in [-0.3, -0.25) is 4.72 Å². The normalized spacial score (nSPS) is 12.1. The number of nitrogens with one attached hydrogen (secondary N) is 1. The molecule has 0 unspecified atom stereocenters. The van der Waals surface area contributed by atoms with Crippen molar-refractivity contribution in [1.29, 1.82) is 5.26 Å². The first-order valence-corrected chi connectivity index (χ1v) is 6.89. The number of sulfonamides is 1. The van der Waals surface area contributed by atoms with E-state index < -0.39 is 50.1 Å². The van der Waals surface area contributed by atoms with Crippen LogP contribution in [-0.2, 0) is 10.0 Å². The highest BCUT2D eigenvalue weighted by Gasteiger charge is 2.29. The van der Waals surface area contributed by atoms with Gasteiger partial charge in [0.05, 0.1) is 17.2 Å². The Hall–Kier alpha value is -1.82. The number of hydrogen-bond acceptors (Lipinski definition) is 3. The largest absolute Gasteiger partial charge is 0.278 e. The molecule has 0 radical (unpaired) electrons. The number of benzene rings is 1. The third-order valence-electron chi connectivity index (χ3n) is 2.22. The number of anilines is 1. The van der Waals surface area contributed by atoms with Crippen LogP contribution < -0.4 is 4.72 Å². The van der Waals surface area contributed by atoms with Gasteiger partial charge in [-0.1, -0.05) is 0 Å². The van der Waals surface area contributed by atoms with Crippen molar-refractivity contribution in [1.82, 2.24) is 0 Å². The maximum atomic E-state index is 13.3. The van der Waals surface area contributed by atoms with Gasteiger partial charge in [-0.2, -0.15) is 5.26 Å². The predicted octanol–water partition coefficient (Wildman–Crippen LogP) is 2.53. The molecular weight excluding hydrogens is 300 g/mol. The Morgan fingerprint density at radius 3 is 2.05 bits per heavy atom. The fourth-order valence-electron chi connectivity index (χ4n) is 1.36. The molecule has 0 aromatic heterocycles. The molecule has 0 atom stereocenters. The first-order valence-electron chi connectivity index (χ1n) is 5.24. The molecule has 110 valence electrons. The van der Waals surface area contributed by atoms with Crippen molar-refractivity contribution >= 4 is 15.7 Å². The lowest BCUT2D eigenvalue weighted by Crippen LogP contribution is -2.28. The van der Waals surface area contributed by atoms with Crippen LogP contribution in [0.4, 0.5) is 23.2 Å². The molecule has 4 nitrogen and oxygen atoms in total. The molecule has 1 aromatic carbocycles. The van der Waals surface area contributed by atoms with Crippen LogP contribution >= 0.6 is 0 Å². The zero-order chi connectivity index (χ0) is 15.7. The van der Waals surface area contributed by atoms with Gasteiger partial charge in [-0.25, -0.2) is 26.0 Å². The van der Waals surface area contributed by atoms with E-state index >= 15 is 0 Å². The number of rotatable bonds is 4. The maximum Gasteiger partial charge on any atom is 0.234 e. The summed E-state index contributed by atoms with van der Waals surface area (Å²) in [5.41, 5.74) is -2.79. The molecule has 0 aliphatic carbocycles. The second-order valence-corrected chi connectivity index (χ2v) is 6.42. The average Bonchev–Trinajstić information content (AvgIpc) is 2.31. The van der Waals surface area contributed by atoms with Crippen molar-refractivity contribution in [3.8, 4) is 6.07 Å². The molecule has 0 fully saturated rings. The lowest BCUT2D eigenvalue weighted by atomic mass is 10.00. The average molecular weight is 310 g/mol. The molecule has 20 heavy (non-hydrogen) atoms. The monoisotopic (exact) mass is 310 g/mol. The van der Waals surface area contributed by atoms with Gasteiger partial charge in [0.1, 0.15) is 5.69 Å². The van der Waals surface area contributed by atoms with Gasteiger partial charge < -0.3 is 0 Å². The van der Waals surface area contributed by atoms with Crippen molar-refractivity contribution < 1.29 is 26.0 Å². The Kier molecular flexibility index (Phi) is 4.29. The first kappa shape index (κ1) is 16.2. The van der Waals surface area contributed by atoms with E-state index in [0.717, 1.165) is 0 Å². The summed E-state index contributed by atoms with van der Waals surface area (Å²) in [6.07, 6.45) is 0. The van der Waals surface area contributed by atoms with Crippen molar-refractivity contribution in [3.63, 3.8) is 0 Å². The van der Waals surface area contributed by atoms with Crippen LogP contribution in [0.2, 0.25) is 0 Å². The quantitative estimate of drug-likeness (QED) is 0.686. The van der Waals surface area contributed by atoms with Crippen LogP contribution in [0.25, 0.3) is 0 Å². The van der Waals surface area contributed by atoms with E-state index in [0.29, 0.717) is 0 Å². The van der Waals surface area contributed by atoms with Crippen LogP contribution in [-0.4, -0.2) is 14.2 Å². The van der Waals surface area contributed by atoms with Crippen LogP contribution in [0.1, 0.15) is 13.8 Å². The molecule has 0 bridgehead atoms. The van der Waals surface area contributed by atoms with E-state index in [1.54, 1.807) is 6.07 Å². The van der Waals surface area contributed by atoms with Crippen LogP contribution in [0.15, 0.2) is 6.07 Å². The van der Waals surface area contributed by atoms with Crippen molar-refractivity contribution in [2.24, 2.45) is 5.41 Å². The maximum absolute atomic E-state index is 13.3. The van der Waals surface area contributed by atoms with Gasteiger partial charge >= 0.3 is 0 Å². The molecule has 1 aromatic rings. The molecule has 0 saturated heterocycles. The molecule has 0 heterocycles. The smallest absolute Gasteiger partial charge is 0.234 e. The van der Waals surface area contributed by atoms with Crippen LogP contribution in [0, 0.1) is 40.0 Å². The van der Waals surface area contributed by atoms with Crippen molar-refractivity contribution in [2.75, 3.05) is 10.5 Å².